The lowest BCUT2D eigenvalue weighted by atomic mass is 10.4. The van der Waals surface area contributed by atoms with E-state index in [0.29, 0.717) is 0 Å². The van der Waals surface area contributed by atoms with E-state index in [-0.39, 0.29) is 24.0 Å². The highest BCUT2D eigenvalue weighted by atomic mass is 127. The van der Waals surface area contributed by atoms with Crippen LogP contribution in [0.1, 0.15) is 12.8 Å². The Balaban J connectivity index is -0.000000257. The van der Waals surface area contributed by atoms with Crippen LogP contribution in [0.25, 0.3) is 0 Å². The Hall–Kier alpha value is 0.480. The average molecular weight is 530 g/mol. The van der Waals surface area contributed by atoms with E-state index in [4.69, 9.17) is 25.9 Å². The molecule has 0 aromatic carbocycles. The number of hydrogen-bond acceptors (Lipinski definition) is 5. The maximum Gasteiger partial charge on any atom is 0.522 e. The summed E-state index contributed by atoms with van der Waals surface area (Å²) >= 11 is 0. The molecule has 0 bridgehead atoms. The van der Waals surface area contributed by atoms with Crippen LogP contribution in [-0.4, -0.2) is 54.7 Å². The lowest BCUT2D eigenvalue weighted by Crippen LogP contribution is -2.21. The van der Waals surface area contributed by atoms with E-state index in [1.807, 2.05) is 0 Å². The summed E-state index contributed by atoms with van der Waals surface area (Å²) in [5.74, 6) is 3.03. The van der Waals surface area contributed by atoms with Gasteiger partial charge < -0.3 is 4.55 Å². The van der Waals surface area contributed by atoms with Crippen molar-refractivity contribution in [2.45, 2.75) is 23.9 Å². The SMILES string of the molecule is C[S+]1CCCC1.I.O=S(=O)(O)C(F)(F)F.O=S(=O)([O-])C(F)(F)F. The van der Waals surface area contributed by atoms with E-state index in [1.165, 1.54) is 24.3 Å². The van der Waals surface area contributed by atoms with Gasteiger partial charge in [-0.3, -0.25) is 4.55 Å². The smallest absolute Gasteiger partial charge is 0.522 e. The van der Waals surface area contributed by atoms with Gasteiger partial charge in [-0.2, -0.15) is 34.8 Å². The minimum absolute atomic E-state index is 0. The molecule has 0 aromatic rings. The van der Waals surface area contributed by atoms with Gasteiger partial charge in [0, 0.05) is 0 Å². The van der Waals surface area contributed by atoms with Gasteiger partial charge in [-0.25, -0.2) is 8.42 Å². The molecule has 0 amide bonds. The first kappa shape index (κ1) is 28.3. The lowest BCUT2D eigenvalue weighted by Gasteiger charge is -2.08. The standard InChI is InChI=1S/C5H11S.2CHF3O3S.HI/c1-6-4-2-3-5-6;2*2-1(3,4)8(5,6)7;/h2-5H2,1H3;2*(H,5,6,7);1H/q+1;;;/p-1. The molecule has 0 unspecified atom stereocenters. The zero-order valence-electron chi connectivity index (χ0n) is 11.2. The lowest BCUT2D eigenvalue weighted by molar-refractivity contribution is -0.0519. The molecule has 16 heteroatoms. The second-order valence-electron chi connectivity index (χ2n) is 3.72. The monoisotopic (exact) mass is 530 g/mol. The van der Waals surface area contributed by atoms with Crippen molar-refractivity contribution in [1.29, 1.82) is 0 Å². The molecule has 144 valence electrons. The van der Waals surface area contributed by atoms with E-state index in [2.05, 4.69) is 6.26 Å². The molecule has 6 nitrogen and oxygen atoms in total. The van der Waals surface area contributed by atoms with Crippen LogP contribution in [0.2, 0.25) is 0 Å². The Bertz CT molecular complexity index is 480. The minimum atomic E-state index is -6.09. The maximum absolute atomic E-state index is 10.7. The van der Waals surface area contributed by atoms with Crippen molar-refractivity contribution in [1.82, 2.24) is 0 Å². The molecular weight excluding hydrogens is 517 g/mol. The summed E-state index contributed by atoms with van der Waals surface area (Å²) in [6.07, 6.45) is 5.37. The van der Waals surface area contributed by atoms with Crippen LogP contribution in [-0.2, 0) is 31.1 Å². The van der Waals surface area contributed by atoms with Crippen LogP contribution in [0.15, 0.2) is 0 Å². The van der Waals surface area contributed by atoms with Crippen molar-refractivity contribution < 1.29 is 52.3 Å². The van der Waals surface area contributed by atoms with Crippen LogP contribution in [0.3, 0.4) is 0 Å². The summed E-state index contributed by atoms with van der Waals surface area (Å²) < 4.78 is 116. The van der Waals surface area contributed by atoms with E-state index in [1.54, 1.807) is 0 Å². The molecule has 23 heavy (non-hydrogen) atoms. The zero-order chi connectivity index (χ0) is 18.4. The van der Waals surface area contributed by atoms with Crippen molar-refractivity contribution in [3.63, 3.8) is 0 Å². The number of hydrogen-bond donors (Lipinski definition) is 1. The van der Waals surface area contributed by atoms with E-state index >= 15 is 0 Å². The number of halogens is 7. The summed E-state index contributed by atoms with van der Waals surface area (Å²) in [6, 6.07) is 0. The molecule has 1 aliphatic heterocycles. The Morgan fingerprint density at radius 3 is 1.17 bits per heavy atom. The van der Waals surface area contributed by atoms with Gasteiger partial charge in [0.1, 0.15) is 11.5 Å². The van der Waals surface area contributed by atoms with Crippen molar-refractivity contribution >= 4 is 55.1 Å². The molecule has 0 atom stereocenters. The third-order valence-corrected chi connectivity index (χ3v) is 4.93. The second kappa shape index (κ2) is 10.5. The third-order valence-electron chi connectivity index (χ3n) is 1.81. The fourth-order valence-corrected chi connectivity index (χ4v) is 2.40. The molecule has 0 spiro atoms. The fraction of sp³-hybridized carbons (Fsp3) is 1.00. The normalized spacial score (nSPS) is 16.4. The summed E-state index contributed by atoms with van der Waals surface area (Å²) in [6.45, 7) is 0. The van der Waals surface area contributed by atoms with E-state index < -0.39 is 31.3 Å². The summed E-state index contributed by atoms with van der Waals surface area (Å²) in [5.41, 5.74) is -11.2. The topological polar surface area (TPSA) is 112 Å². The Morgan fingerprint density at radius 2 is 1.13 bits per heavy atom. The maximum atomic E-state index is 10.7. The first-order chi connectivity index (χ1) is 9.39. The van der Waals surface area contributed by atoms with E-state index in [0.717, 1.165) is 10.9 Å². The molecular formula is C7H13F6IO6S3. The van der Waals surface area contributed by atoms with Gasteiger partial charge in [0.2, 0.25) is 0 Å². The molecule has 0 aromatic heterocycles. The number of alkyl halides is 6. The second-order valence-corrected chi connectivity index (χ2v) is 8.88. The van der Waals surface area contributed by atoms with Crippen molar-refractivity contribution in [2.75, 3.05) is 17.8 Å². The molecule has 1 saturated heterocycles. The van der Waals surface area contributed by atoms with Gasteiger partial charge in [0.25, 0.3) is 0 Å². The van der Waals surface area contributed by atoms with Crippen LogP contribution in [0, 0.1) is 0 Å². The van der Waals surface area contributed by atoms with Gasteiger partial charge in [-0.1, -0.05) is 0 Å². The molecule has 0 saturated carbocycles. The van der Waals surface area contributed by atoms with Crippen molar-refractivity contribution in [3.05, 3.63) is 0 Å². The Morgan fingerprint density at radius 1 is 0.913 bits per heavy atom. The molecule has 1 aliphatic rings. The van der Waals surface area contributed by atoms with Crippen molar-refractivity contribution in [3.8, 4) is 0 Å². The highest BCUT2D eigenvalue weighted by Crippen LogP contribution is 2.21. The summed E-state index contributed by atoms with van der Waals surface area (Å²) in [4.78, 5) is 0. The van der Waals surface area contributed by atoms with Crippen LogP contribution < -0.4 is 0 Å². The van der Waals surface area contributed by atoms with Gasteiger partial charge >= 0.3 is 21.1 Å². The predicted molar refractivity (Wildman–Crippen MR) is 81.0 cm³/mol. The fourth-order valence-electron chi connectivity index (χ4n) is 0.799. The number of rotatable bonds is 0. The minimum Gasteiger partial charge on any atom is -0.741 e. The summed E-state index contributed by atoms with van der Waals surface area (Å²) in [7, 11) is -11.1. The highest BCUT2D eigenvalue weighted by molar-refractivity contribution is 14.0. The molecule has 1 N–H and O–H groups in total. The van der Waals surface area contributed by atoms with Gasteiger partial charge in [0.05, 0.1) is 6.26 Å². The van der Waals surface area contributed by atoms with E-state index in [9.17, 15) is 26.3 Å². The molecule has 1 fully saturated rings. The average Bonchev–Trinajstić information content (AvgIpc) is 2.64. The molecule has 0 aliphatic carbocycles. The first-order valence-electron chi connectivity index (χ1n) is 5.04. The first-order valence-corrected chi connectivity index (χ1v) is 9.86. The highest BCUT2D eigenvalue weighted by Gasteiger charge is 2.44. The molecule has 1 heterocycles. The Kier molecular flexibility index (Phi) is 12.9. The third kappa shape index (κ3) is 14.5. The van der Waals surface area contributed by atoms with Crippen LogP contribution in [0.5, 0.6) is 0 Å². The van der Waals surface area contributed by atoms with Gasteiger partial charge in [-0.05, 0) is 23.7 Å². The predicted octanol–water partition coefficient (Wildman–Crippen LogP) is 2.09. The zero-order valence-corrected chi connectivity index (χ0v) is 16.0. The molecule has 0 radical (unpaired) electrons. The van der Waals surface area contributed by atoms with Crippen LogP contribution >= 0.6 is 24.0 Å². The quantitative estimate of drug-likeness (QED) is 0.169. The summed E-state index contributed by atoms with van der Waals surface area (Å²) in [5, 5.41) is 0. The van der Waals surface area contributed by atoms with Crippen molar-refractivity contribution in [2.24, 2.45) is 0 Å². The van der Waals surface area contributed by atoms with Gasteiger partial charge in [-0.15, -0.1) is 24.0 Å². The largest absolute Gasteiger partial charge is 0.741 e. The Labute approximate surface area is 148 Å². The van der Waals surface area contributed by atoms with Gasteiger partial charge in [0.15, 0.2) is 10.1 Å². The van der Waals surface area contributed by atoms with Crippen LogP contribution in [0.4, 0.5) is 26.3 Å². The molecule has 1 rings (SSSR count).